The van der Waals surface area contributed by atoms with Gasteiger partial charge in [-0.1, -0.05) is 20.3 Å². The smallest absolute Gasteiger partial charge is 0.324 e. The van der Waals surface area contributed by atoms with E-state index in [-0.39, 0.29) is 11.4 Å². The molecule has 0 unspecified atom stereocenters. The third kappa shape index (κ3) is 4.27. The number of nitrogens with two attached hydrogens (primary N) is 1. The summed E-state index contributed by atoms with van der Waals surface area (Å²) >= 11 is 1.29. The van der Waals surface area contributed by atoms with Crippen LogP contribution in [0.15, 0.2) is 18.2 Å². The van der Waals surface area contributed by atoms with E-state index in [4.69, 9.17) is 5.73 Å². The molecule has 0 saturated carbocycles. The Kier molecular flexibility index (Phi) is 5.97. The van der Waals surface area contributed by atoms with Crippen molar-refractivity contribution in [2.45, 2.75) is 33.1 Å². The number of halogens is 1. The Morgan fingerprint density at radius 3 is 2.56 bits per heavy atom. The lowest BCUT2D eigenvalue weighted by Gasteiger charge is -2.09. The minimum Gasteiger partial charge on any atom is -0.508 e. The van der Waals surface area contributed by atoms with Gasteiger partial charge in [-0.2, -0.15) is 0 Å². The quantitative estimate of drug-likeness (QED) is 0.584. The fourth-order valence-electron chi connectivity index (χ4n) is 2.52. The first-order valence-corrected chi connectivity index (χ1v) is 8.69. The third-order valence-corrected chi connectivity index (χ3v) is 4.88. The van der Waals surface area contributed by atoms with E-state index in [1.165, 1.54) is 23.5 Å². The standard InChI is InChI=1S/C17H20FN3O3S/c1-3-5-10-13(4-2)25-16(14(10)15(19)23)21-17(24)20-12-7-6-9(22)8-11(12)18/h6-8,22H,3-5H2,1-2H3,(H2,19,23)(H2,20,21,24). The molecular formula is C17H20FN3O3S. The fourth-order valence-corrected chi connectivity index (χ4v) is 3.71. The summed E-state index contributed by atoms with van der Waals surface area (Å²) in [5, 5.41) is 14.5. The van der Waals surface area contributed by atoms with Gasteiger partial charge < -0.3 is 16.2 Å². The Hall–Kier alpha value is -2.61. The summed E-state index contributed by atoms with van der Waals surface area (Å²) in [4.78, 5) is 25.0. The van der Waals surface area contributed by atoms with Crippen LogP contribution < -0.4 is 16.4 Å². The van der Waals surface area contributed by atoms with Crippen molar-refractivity contribution in [1.82, 2.24) is 0 Å². The van der Waals surface area contributed by atoms with Gasteiger partial charge in [0.15, 0.2) is 0 Å². The molecule has 2 aromatic rings. The van der Waals surface area contributed by atoms with Crippen LogP contribution >= 0.6 is 11.3 Å². The number of hydrogen-bond donors (Lipinski definition) is 4. The molecule has 0 aliphatic carbocycles. The number of primary amides is 1. The summed E-state index contributed by atoms with van der Waals surface area (Å²) in [5.74, 6) is -1.61. The lowest BCUT2D eigenvalue weighted by Crippen LogP contribution is -2.22. The largest absolute Gasteiger partial charge is 0.508 e. The van der Waals surface area contributed by atoms with Crippen molar-refractivity contribution in [2.24, 2.45) is 5.73 Å². The van der Waals surface area contributed by atoms with Crippen molar-refractivity contribution in [1.29, 1.82) is 0 Å². The van der Waals surface area contributed by atoms with Gasteiger partial charge >= 0.3 is 6.03 Å². The number of phenolic OH excluding ortho intramolecular Hbond substituents is 1. The lowest BCUT2D eigenvalue weighted by atomic mass is 10.0. The van der Waals surface area contributed by atoms with Gasteiger partial charge in [-0.15, -0.1) is 11.3 Å². The van der Waals surface area contributed by atoms with Gasteiger partial charge in [0.2, 0.25) is 0 Å². The van der Waals surface area contributed by atoms with E-state index < -0.39 is 17.8 Å². The van der Waals surface area contributed by atoms with Gasteiger partial charge in [0, 0.05) is 10.9 Å². The van der Waals surface area contributed by atoms with Crippen molar-refractivity contribution in [2.75, 3.05) is 10.6 Å². The fraction of sp³-hybridized carbons (Fsp3) is 0.294. The maximum Gasteiger partial charge on any atom is 0.324 e. The van der Waals surface area contributed by atoms with E-state index >= 15 is 0 Å². The number of aromatic hydroxyl groups is 1. The number of nitrogens with one attached hydrogen (secondary N) is 2. The SMILES string of the molecule is CCCc1c(CC)sc(NC(=O)Nc2ccc(O)cc2F)c1C(N)=O. The first-order valence-electron chi connectivity index (χ1n) is 7.88. The highest BCUT2D eigenvalue weighted by molar-refractivity contribution is 7.17. The zero-order chi connectivity index (χ0) is 18.6. The monoisotopic (exact) mass is 365 g/mol. The van der Waals surface area contributed by atoms with Crippen molar-refractivity contribution < 1.29 is 19.1 Å². The third-order valence-electron chi connectivity index (χ3n) is 3.59. The number of anilines is 2. The number of urea groups is 1. The summed E-state index contributed by atoms with van der Waals surface area (Å²) in [5.41, 5.74) is 6.57. The molecule has 3 amide bonds. The minimum atomic E-state index is -0.766. The van der Waals surface area contributed by atoms with Crippen LogP contribution in [-0.4, -0.2) is 17.0 Å². The van der Waals surface area contributed by atoms with Crippen LogP contribution in [0.3, 0.4) is 0 Å². The van der Waals surface area contributed by atoms with Crippen LogP contribution in [-0.2, 0) is 12.8 Å². The zero-order valence-electron chi connectivity index (χ0n) is 14.0. The van der Waals surface area contributed by atoms with Crippen LogP contribution in [0.2, 0.25) is 0 Å². The molecule has 0 bridgehead atoms. The lowest BCUT2D eigenvalue weighted by molar-refractivity contribution is 0.100. The highest BCUT2D eigenvalue weighted by atomic mass is 32.1. The van der Waals surface area contributed by atoms with Gasteiger partial charge in [0.1, 0.15) is 16.6 Å². The first-order chi connectivity index (χ1) is 11.9. The molecule has 6 nitrogen and oxygen atoms in total. The van der Waals surface area contributed by atoms with Crippen LogP contribution in [0.25, 0.3) is 0 Å². The molecule has 0 radical (unpaired) electrons. The van der Waals surface area contributed by atoms with E-state index in [2.05, 4.69) is 10.6 Å². The van der Waals surface area contributed by atoms with Crippen molar-refractivity contribution in [3.63, 3.8) is 0 Å². The summed E-state index contributed by atoms with van der Waals surface area (Å²) in [6.07, 6.45) is 2.25. The summed E-state index contributed by atoms with van der Waals surface area (Å²) < 4.78 is 13.7. The number of amides is 3. The van der Waals surface area contributed by atoms with E-state index in [9.17, 15) is 19.1 Å². The Morgan fingerprint density at radius 2 is 2.00 bits per heavy atom. The minimum absolute atomic E-state index is 0.0861. The van der Waals surface area contributed by atoms with E-state index in [1.807, 2.05) is 13.8 Å². The Morgan fingerprint density at radius 1 is 1.28 bits per heavy atom. The molecule has 134 valence electrons. The topological polar surface area (TPSA) is 104 Å². The predicted molar refractivity (Wildman–Crippen MR) is 96.9 cm³/mol. The Bertz CT molecular complexity index is 805. The van der Waals surface area contributed by atoms with Gasteiger partial charge in [-0.3, -0.25) is 10.1 Å². The second kappa shape index (κ2) is 7.98. The van der Waals surface area contributed by atoms with Crippen LogP contribution in [0.1, 0.15) is 41.1 Å². The normalized spacial score (nSPS) is 10.5. The van der Waals surface area contributed by atoms with Crippen LogP contribution in [0.4, 0.5) is 19.9 Å². The van der Waals surface area contributed by atoms with Gasteiger partial charge in [0.05, 0.1) is 11.3 Å². The van der Waals surface area contributed by atoms with Crippen molar-refractivity contribution in [3.8, 4) is 5.75 Å². The maximum absolute atomic E-state index is 13.7. The average Bonchev–Trinajstić information content (AvgIpc) is 2.88. The number of rotatable bonds is 6. The van der Waals surface area contributed by atoms with Crippen molar-refractivity contribution in [3.05, 3.63) is 40.0 Å². The zero-order valence-corrected chi connectivity index (χ0v) is 14.8. The summed E-state index contributed by atoms with van der Waals surface area (Å²) in [7, 11) is 0. The summed E-state index contributed by atoms with van der Waals surface area (Å²) in [6, 6.07) is 2.70. The Labute approximate surface area is 148 Å². The molecule has 0 spiro atoms. The number of thiophene rings is 1. The van der Waals surface area contributed by atoms with Gasteiger partial charge in [-0.05, 0) is 30.5 Å². The second-order valence-electron chi connectivity index (χ2n) is 5.42. The number of carbonyl (C=O) groups is 2. The van der Waals surface area contributed by atoms with E-state index in [0.29, 0.717) is 17.0 Å². The van der Waals surface area contributed by atoms with E-state index in [0.717, 1.165) is 29.3 Å². The second-order valence-corrected chi connectivity index (χ2v) is 6.52. The van der Waals surface area contributed by atoms with Crippen LogP contribution in [0, 0.1) is 5.82 Å². The number of benzene rings is 1. The molecule has 0 aliphatic heterocycles. The predicted octanol–water partition coefficient (Wildman–Crippen LogP) is 3.85. The molecule has 25 heavy (non-hydrogen) atoms. The molecule has 0 atom stereocenters. The maximum atomic E-state index is 13.7. The first kappa shape index (κ1) is 18.7. The van der Waals surface area contributed by atoms with Crippen molar-refractivity contribution >= 4 is 34.0 Å². The van der Waals surface area contributed by atoms with Crippen LogP contribution in [0.5, 0.6) is 5.75 Å². The number of phenols is 1. The molecule has 1 aromatic heterocycles. The number of hydrogen-bond acceptors (Lipinski definition) is 4. The van der Waals surface area contributed by atoms with Gasteiger partial charge in [0.25, 0.3) is 5.91 Å². The van der Waals surface area contributed by atoms with E-state index in [1.54, 1.807) is 0 Å². The Balaban J connectivity index is 2.26. The molecule has 1 aromatic carbocycles. The molecule has 2 rings (SSSR count). The molecule has 0 fully saturated rings. The molecule has 5 N–H and O–H groups in total. The average molecular weight is 365 g/mol. The molecule has 0 aliphatic rings. The van der Waals surface area contributed by atoms with Gasteiger partial charge in [-0.25, -0.2) is 9.18 Å². The highest BCUT2D eigenvalue weighted by Gasteiger charge is 2.22. The number of carbonyl (C=O) groups excluding carboxylic acids is 2. The molecule has 1 heterocycles. The molecule has 0 saturated heterocycles. The number of aryl methyl sites for hydroxylation is 1. The summed E-state index contributed by atoms with van der Waals surface area (Å²) in [6.45, 7) is 3.96. The molecule has 8 heteroatoms. The molecular weight excluding hydrogens is 345 g/mol. The highest BCUT2D eigenvalue weighted by Crippen LogP contribution is 2.34.